The van der Waals surface area contributed by atoms with Crippen molar-refractivity contribution in [2.75, 3.05) is 13.2 Å². The van der Waals surface area contributed by atoms with E-state index in [1.165, 1.54) is 4.57 Å². The lowest BCUT2D eigenvalue weighted by Crippen LogP contribution is -2.25. The Balaban J connectivity index is 1.67. The summed E-state index contributed by atoms with van der Waals surface area (Å²) >= 11 is 0. The van der Waals surface area contributed by atoms with Gasteiger partial charge >= 0.3 is 11.9 Å². The van der Waals surface area contributed by atoms with E-state index in [9.17, 15) is 18.0 Å². The highest BCUT2D eigenvalue weighted by Gasteiger charge is 2.33. The van der Waals surface area contributed by atoms with Gasteiger partial charge in [-0.25, -0.2) is 9.36 Å². The van der Waals surface area contributed by atoms with E-state index in [1.807, 2.05) is 13.1 Å². The third kappa shape index (κ3) is 4.72. The number of rotatable bonds is 7. The lowest BCUT2D eigenvalue weighted by Gasteiger charge is -2.15. The van der Waals surface area contributed by atoms with Crippen LogP contribution in [-0.4, -0.2) is 43.2 Å². The second-order valence-electron chi connectivity index (χ2n) is 7.72. The molecule has 0 N–H and O–H groups in total. The van der Waals surface area contributed by atoms with Crippen molar-refractivity contribution < 1.29 is 22.6 Å². The Morgan fingerprint density at radius 2 is 2.09 bits per heavy atom. The molecule has 3 aromatic rings. The Hall–Kier alpha value is -3.08. The maximum absolute atomic E-state index is 13.5. The lowest BCUT2D eigenvalue weighted by atomic mass is 10.2. The molecule has 3 aromatic heterocycles. The minimum Gasteiger partial charge on any atom is -0.475 e. The molecule has 0 spiro atoms. The maximum atomic E-state index is 13.5. The molecule has 1 fully saturated rings. The van der Waals surface area contributed by atoms with Crippen molar-refractivity contribution in [3.8, 4) is 11.7 Å². The Morgan fingerprint density at radius 1 is 1.28 bits per heavy atom. The van der Waals surface area contributed by atoms with Crippen molar-refractivity contribution in [2.24, 2.45) is 0 Å². The predicted octanol–water partition coefficient (Wildman–Crippen LogP) is 3.18. The minimum atomic E-state index is -4.62. The summed E-state index contributed by atoms with van der Waals surface area (Å²) in [6, 6.07) is 1.70. The Labute approximate surface area is 182 Å². The van der Waals surface area contributed by atoms with Gasteiger partial charge in [0.05, 0.1) is 24.4 Å². The SMILES string of the molecule is CCn1cc(Cn2cc(C)n(-c3cc(C(F)(F)F)cc(OCC4CCCO4)n3)c2=O)cn1. The summed E-state index contributed by atoms with van der Waals surface area (Å²) in [4.78, 5) is 17.2. The van der Waals surface area contributed by atoms with Gasteiger partial charge < -0.3 is 9.47 Å². The molecule has 4 rings (SSSR count). The minimum absolute atomic E-state index is 0.101. The van der Waals surface area contributed by atoms with Gasteiger partial charge in [0.2, 0.25) is 5.88 Å². The number of aryl methyl sites for hydroxylation is 2. The van der Waals surface area contributed by atoms with Crippen molar-refractivity contribution >= 4 is 0 Å². The molecule has 1 saturated heterocycles. The second kappa shape index (κ2) is 8.81. The molecule has 8 nitrogen and oxygen atoms in total. The van der Waals surface area contributed by atoms with Crippen LogP contribution in [-0.2, 0) is 24.0 Å². The first kappa shape index (κ1) is 22.1. The van der Waals surface area contributed by atoms with Gasteiger partial charge in [0.1, 0.15) is 12.4 Å². The smallest absolute Gasteiger partial charge is 0.416 e. The highest BCUT2D eigenvalue weighted by atomic mass is 19.4. The van der Waals surface area contributed by atoms with Gasteiger partial charge in [0, 0.05) is 42.9 Å². The second-order valence-corrected chi connectivity index (χ2v) is 7.72. The van der Waals surface area contributed by atoms with E-state index < -0.39 is 17.4 Å². The highest BCUT2D eigenvalue weighted by Crippen LogP contribution is 2.32. The molecule has 1 unspecified atom stereocenters. The van der Waals surface area contributed by atoms with Gasteiger partial charge in [0.15, 0.2) is 0 Å². The molecule has 0 amide bonds. The average molecular weight is 451 g/mol. The van der Waals surface area contributed by atoms with Gasteiger partial charge in [-0.05, 0) is 32.8 Å². The van der Waals surface area contributed by atoms with Gasteiger partial charge in [0.25, 0.3) is 0 Å². The zero-order valence-corrected chi connectivity index (χ0v) is 17.8. The number of aromatic nitrogens is 5. The first-order chi connectivity index (χ1) is 15.2. The Morgan fingerprint density at radius 3 is 2.75 bits per heavy atom. The van der Waals surface area contributed by atoms with Crippen LogP contribution in [0.2, 0.25) is 0 Å². The van der Waals surface area contributed by atoms with E-state index in [0.717, 1.165) is 35.1 Å². The molecule has 32 heavy (non-hydrogen) atoms. The molecule has 0 aromatic carbocycles. The number of pyridine rings is 1. The third-order valence-electron chi connectivity index (χ3n) is 5.28. The standard InChI is InChI=1S/C21H24F3N5O3/c1-3-28-12-15(9-25-28)11-27-10-14(2)29(20(27)30)18-7-16(21(22,23)24)8-19(26-18)32-13-17-5-4-6-31-17/h7-10,12,17H,3-6,11,13H2,1-2H3. The van der Waals surface area contributed by atoms with Crippen LogP contribution in [0.3, 0.4) is 0 Å². The van der Waals surface area contributed by atoms with Crippen LogP contribution in [0.1, 0.15) is 36.6 Å². The predicted molar refractivity (Wildman–Crippen MR) is 109 cm³/mol. The van der Waals surface area contributed by atoms with Gasteiger partial charge in [-0.15, -0.1) is 0 Å². The normalized spacial score (nSPS) is 16.6. The zero-order valence-electron chi connectivity index (χ0n) is 17.8. The highest BCUT2D eigenvalue weighted by molar-refractivity contribution is 5.36. The van der Waals surface area contributed by atoms with E-state index >= 15 is 0 Å². The van der Waals surface area contributed by atoms with E-state index in [2.05, 4.69) is 10.1 Å². The molecule has 0 aliphatic carbocycles. The van der Waals surface area contributed by atoms with Crippen LogP contribution < -0.4 is 10.4 Å². The van der Waals surface area contributed by atoms with Crippen molar-refractivity contribution in [3.63, 3.8) is 0 Å². The molecule has 4 heterocycles. The van der Waals surface area contributed by atoms with Gasteiger partial charge in [-0.2, -0.15) is 23.3 Å². The number of hydrogen-bond acceptors (Lipinski definition) is 5. The fourth-order valence-electron chi connectivity index (χ4n) is 3.66. The average Bonchev–Trinajstić information content (AvgIpc) is 3.47. The summed E-state index contributed by atoms with van der Waals surface area (Å²) < 4.78 is 55.8. The summed E-state index contributed by atoms with van der Waals surface area (Å²) in [6.07, 6.45) is 1.93. The number of alkyl halides is 3. The molecular formula is C21H24F3N5O3. The maximum Gasteiger partial charge on any atom is 0.416 e. The molecular weight excluding hydrogens is 427 g/mol. The Kier molecular flexibility index (Phi) is 6.09. The van der Waals surface area contributed by atoms with Crippen LogP contribution in [0, 0.1) is 6.92 Å². The van der Waals surface area contributed by atoms with Crippen molar-refractivity contribution in [2.45, 2.75) is 52.1 Å². The van der Waals surface area contributed by atoms with Crippen LogP contribution in [0.25, 0.3) is 5.82 Å². The largest absolute Gasteiger partial charge is 0.475 e. The molecule has 0 saturated carbocycles. The summed E-state index contributed by atoms with van der Waals surface area (Å²) in [5.41, 5.74) is -0.171. The molecule has 1 aliphatic rings. The number of imidazole rings is 1. The van der Waals surface area contributed by atoms with Crippen LogP contribution in [0.5, 0.6) is 5.88 Å². The topological polar surface area (TPSA) is 76.1 Å². The van der Waals surface area contributed by atoms with Crippen LogP contribution in [0.4, 0.5) is 13.2 Å². The van der Waals surface area contributed by atoms with Crippen molar-refractivity contribution in [3.05, 3.63) is 58.0 Å². The molecule has 11 heteroatoms. The van der Waals surface area contributed by atoms with Gasteiger partial charge in [-0.1, -0.05) is 0 Å². The monoisotopic (exact) mass is 451 g/mol. The molecule has 1 atom stereocenters. The summed E-state index contributed by atoms with van der Waals surface area (Å²) in [5.74, 6) is -0.346. The fourth-order valence-corrected chi connectivity index (χ4v) is 3.66. The first-order valence-corrected chi connectivity index (χ1v) is 10.4. The third-order valence-corrected chi connectivity index (χ3v) is 5.28. The van der Waals surface area contributed by atoms with Crippen LogP contribution >= 0.6 is 0 Å². The summed E-state index contributed by atoms with van der Waals surface area (Å²) in [6.45, 7) is 5.23. The van der Waals surface area contributed by atoms with Crippen molar-refractivity contribution in [1.29, 1.82) is 0 Å². The van der Waals surface area contributed by atoms with E-state index in [-0.39, 0.29) is 31.0 Å². The first-order valence-electron chi connectivity index (χ1n) is 10.4. The van der Waals surface area contributed by atoms with E-state index in [1.54, 1.807) is 24.0 Å². The van der Waals surface area contributed by atoms with Crippen molar-refractivity contribution in [1.82, 2.24) is 23.9 Å². The van der Waals surface area contributed by atoms with Crippen LogP contribution in [0.15, 0.2) is 35.5 Å². The van der Waals surface area contributed by atoms with E-state index in [4.69, 9.17) is 9.47 Å². The summed E-state index contributed by atoms with van der Waals surface area (Å²) in [5, 5.41) is 4.18. The van der Waals surface area contributed by atoms with E-state index in [0.29, 0.717) is 18.8 Å². The number of halogens is 3. The lowest BCUT2D eigenvalue weighted by molar-refractivity contribution is -0.137. The number of nitrogens with zero attached hydrogens (tertiary/aromatic N) is 5. The number of hydrogen-bond donors (Lipinski definition) is 0. The van der Waals surface area contributed by atoms with Gasteiger partial charge in [-0.3, -0.25) is 9.25 Å². The fraction of sp³-hybridized carbons (Fsp3) is 0.476. The molecule has 172 valence electrons. The molecule has 0 radical (unpaired) electrons. The molecule has 0 bridgehead atoms. The molecule has 1 aliphatic heterocycles. The summed E-state index contributed by atoms with van der Waals surface area (Å²) in [7, 11) is 0. The zero-order chi connectivity index (χ0) is 22.9. The number of ether oxygens (including phenoxy) is 2. The quantitative estimate of drug-likeness (QED) is 0.552. The Bertz CT molecular complexity index is 1140.